The minimum atomic E-state index is -0.738. The standard InChI is InChI=1S/C8H4BrClFN3OS/c1-16-8-13-4-3(11)2(9)7(15)12-5(4)6(10)14-8/h1H3,(H,12,15). The Kier molecular flexibility index (Phi) is 3.18. The van der Waals surface area contributed by atoms with E-state index in [9.17, 15) is 9.18 Å². The summed E-state index contributed by atoms with van der Waals surface area (Å²) in [5.74, 6) is -0.738. The summed E-state index contributed by atoms with van der Waals surface area (Å²) in [6.07, 6.45) is 1.75. The second kappa shape index (κ2) is 4.31. The molecule has 1 N–H and O–H groups in total. The van der Waals surface area contributed by atoms with Crippen molar-refractivity contribution >= 4 is 50.3 Å². The molecular weight excluding hydrogens is 321 g/mol. The molecule has 0 saturated carbocycles. The van der Waals surface area contributed by atoms with E-state index in [0.29, 0.717) is 5.16 Å². The van der Waals surface area contributed by atoms with Crippen LogP contribution in [0.25, 0.3) is 11.0 Å². The Labute approximate surface area is 107 Å². The average molecular weight is 325 g/mol. The molecule has 0 unspecified atom stereocenters. The van der Waals surface area contributed by atoms with Crippen molar-refractivity contribution in [2.24, 2.45) is 0 Å². The highest BCUT2D eigenvalue weighted by Gasteiger charge is 2.15. The second-order valence-corrected chi connectivity index (χ2v) is 4.73. The normalized spacial score (nSPS) is 11.0. The van der Waals surface area contributed by atoms with Crippen LogP contribution in [-0.2, 0) is 0 Å². The molecule has 0 aliphatic carbocycles. The van der Waals surface area contributed by atoms with Crippen molar-refractivity contribution in [2.45, 2.75) is 5.16 Å². The molecule has 0 amide bonds. The van der Waals surface area contributed by atoms with Gasteiger partial charge in [-0.3, -0.25) is 4.79 Å². The summed E-state index contributed by atoms with van der Waals surface area (Å²) in [6.45, 7) is 0. The van der Waals surface area contributed by atoms with Crippen molar-refractivity contribution in [3.05, 3.63) is 25.8 Å². The minimum absolute atomic E-state index is 0.00387. The molecule has 84 valence electrons. The molecule has 0 saturated heterocycles. The molecule has 2 aromatic heterocycles. The molecule has 2 rings (SSSR count). The van der Waals surface area contributed by atoms with Crippen molar-refractivity contribution in [3.63, 3.8) is 0 Å². The van der Waals surface area contributed by atoms with Gasteiger partial charge in [-0.2, -0.15) is 0 Å². The van der Waals surface area contributed by atoms with E-state index in [1.807, 2.05) is 0 Å². The molecule has 0 atom stereocenters. The lowest BCUT2D eigenvalue weighted by Gasteiger charge is -2.03. The fourth-order valence-corrected chi connectivity index (χ4v) is 2.07. The number of aromatic amines is 1. The van der Waals surface area contributed by atoms with Crippen LogP contribution in [0, 0.1) is 5.82 Å². The van der Waals surface area contributed by atoms with E-state index in [2.05, 4.69) is 30.9 Å². The number of nitrogens with one attached hydrogen (secondary N) is 1. The highest BCUT2D eigenvalue weighted by atomic mass is 79.9. The molecule has 0 spiro atoms. The zero-order valence-corrected chi connectivity index (χ0v) is 11.0. The lowest BCUT2D eigenvalue weighted by Crippen LogP contribution is -2.11. The van der Waals surface area contributed by atoms with Crippen LogP contribution in [-0.4, -0.2) is 21.2 Å². The molecule has 2 heterocycles. The van der Waals surface area contributed by atoms with Gasteiger partial charge in [0.15, 0.2) is 16.1 Å². The summed E-state index contributed by atoms with van der Waals surface area (Å²) in [4.78, 5) is 21.6. The van der Waals surface area contributed by atoms with Crippen LogP contribution in [0.15, 0.2) is 14.4 Å². The van der Waals surface area contributed by atoms with Gasteiger partial charge in [0.2, 0.25) is 0 Å². The van der Waals surface area contributed by atoms with Crippen LogP contribution < -0.4 is 5.56 Å². The highest BCUT2D eigenvalue weighted by Crippen LogP contribution is 2.25. The molecular formula is C8H4BrClFN3OS. The van der Waals surface area contributed by atoms with Gasteiger partial charge < -0.3 is 4.98 Å². The fraction of sp³-hybridized carbons (Fsp3) is 0.125. The van der Waals surface area contributed by atoms with Gasteiger partial charge in [0.05, 0.1) is 0 Å². The lowest BCUT2D eigenvalue weighted by atomic mass is 10.3. The number of nitrogens with zero attached hydrogens (tertiary/aromatic N) is 2. The Morgan fingerprint density at radius 3 is 2.81 bits per heavy atom. The van der Waals surface area contributed by atoms with Gasteiger partial charge in [-0.05, 0) is 22.2 Å². The van der Waals surface area contributed by atoms with Gasteiger partial charge in [-0.1, -0.05) is 23.4 Å². The van der Waals surface area contributed by atoms with Crippen molar-refractivity contribution in [1.29, 1.82) is 0 Å². The van der Waals surface area contributed by atoms with Crippen LogP contribution in [0.2, 0.25) is 5.15 Å². The number of aromatic nitrogens is 3. The van der Waals surface area contributed by atoms with Crippen LogP contribution in [0.3, 0.4) is 0 Å². The molecule has 0 aliphatic rings. The summed E-state index contributed by atoms with van der Waals surface area (Å²) in [5, 5.41) is 0.369. The summed E-state index contributed by atoms with van der Waals surface area (Å²) in [5.41, 5.74) is -0.506. The molecule has 0 aliphatic heterocycles. The molecule has 0 radical (unpaired) electrons. The predicted octanol–water partition coefficient (Wildman–Crippen LogP) is 2.59. The third-order valence-electron chi connectivity index (χ3n) is 1.87. The number of hydrogen-bond donors (Lipinski definition) is 1. The number of rotatable bonds is 1. The van der Waals surface area contributed by atoms with E-state index in [0.717, 1.165) is 0 Å². The van der Waals surface area contributed by atoms with Crippen LogP contribution >= 0.6 is 39.3 Å². The Bertz CT molecular complexity index is 633. The largest absolute Gasteiger partial charge is 0.317 e. The maximum absolute atomic E-state index is 13.7. The first-order valence-electron chi connectivity index (χ1n) is 4.03. The zero-order valence-electron chi connectivity index (χ0n) is 7.84. The SMILES string of the molecule is CSc1nc(Cl)c2[nH]c(=O)c(Br)c(F)c2n1. The van der Waals surface area contributed by atoms with Gasteiger partial charge >= 0.3 is 0 Å². The minimum Gasteiger partial charge on any atom is -0.317 e. The molecule has 2 aromatic rings. The van der Waals surface area contributed by atoms with Gasteiger partial charge in [0, 0.05) is 0 Å². The molecule has 0 bridgehead atoms. The Morgan fingerprint density at radius 1 is 1.50 bits per heavy atom. The van der Waals surface area contributed by atoms with E-state index in [-0.39, 0.29) is 20.7 Å². The maximum Gasteiger partial charge on any atom is 0.265 e. The van der Waals surface area contributed by atoms with Gasteiger partial charge in [0.1, 0.15) is 15.5 Å². The summed E-state index contributed by atoms with van der Waals surface area (Å²) >= 11 is 9.90. The highest BCUT2D eigenvalue weighted by molar-refractivity contribution is 9.10. The number of H-pyrrole nitrogens is 1. The van der Waals surface area contributed by atoms with Gasteiger partial charge in [0.25, 0.3) is 5.56 Å². The summed E-state index contributed by atoms with van der Waals surface area (Å²) in [6, 6.07) is 0. The molecule has 0 aromatic carbocycles. The topological polar surface area (TPSA) is 58.6 Å². The first kappa shape index (κ1) is 11.8. The smallest absolute Gasteiger partial charge is 0.265 e. The van der Waals surface area contributed by atoms with Crippen molar-refractivity contribution in [1.82, 2.24) is 15.0 Å². The van der Waals surface area contributed by atoms with Crippen molar-refractivity contribution in [2.75, 3.05) is 6.26 Å². The van der Waals surface area contributed by atoms with E-state index >= 15 is 0 Å². The van der Waals surface area contributed by atoms with Crippen molar-refractivity contribution in [3.8, 4) is 0 Å². The van der Waals surface area contributed by atoms with E-state index < -0.39 is 11.4 Å². The summed E-state index contributed by atoms with van der Waals surface area (Å²) in [7, 11) is 0. The molecule has 4 nitrogen and oxygen atoms in total. The Balaban J connectivity index is 2.96. The number of fused-ring (bicyclic) bond motifs is 1. The number of halogens is 3. The molecule has 0 fully saturated rings. The summed E-state index contributed by atoms with van der Waals surface area (Å²) < 4.78 is 13.5. The number of pyridine rings is 1. The van der Waals surface area contributed by atoms with Crippen molar-refractivity contribution < 1.29 is 4.39 Å². The Hall–Kier alpha value is -0.660. The average Bonchev–Trinajstić information content (AvgIpc) is 2.27. The molecule has 16 heavy (non-hydrogen) atoms. The first-order chi connectivity index (χ1) is 7.54. The monoisotopic (exact) mass is 323 g/mol. The zero-order chi connectivity index (χ0) is 11.9. The quantitative estimate of drug-likeness (QED) is 0.498. The third kappa shape index (κ3) is 1.83. The fourth-order valence-electron chi connectivity index (χ4n) is 1.15. The van der Waals surface area contributed by atoms with Crippen LogP contribution in [0.4, 0.5) is 4.39 Å². The van der Waals surface area contributed by atoms with Crippen LogP contribution in [0.1, 0.15) is 0 Å². The predicted molar refractivity (Wildman–Crippen MR) is 64.6 cm³/mol. The maximum atomic E-state index is 13.7. The molecule has 8 heteroatoms. The third-order valence-corrected chi connectivity index (χ3v) is 3.39. The van der Waals surface area contributed by atoms with E-state index in [1.165, 1.54) is 11.8 Å². The second-order valence-electron chi connectivity index (χ2n) is 2.81. The van der Waals surface area contributed by atoms with Crippen LogP contribution in [0.5, 0.6) is 0 Å². The Morgan fingerprint density at radius 2 is 2.19 bits per heavy atom. The van der Waals surface area contributed by atoms with E-state index in [1.54, 1.807) is 6.26 Å². The van der Waals surface area contributed by atoms with E-state index in [4.69, 9.17) is 11.6 Å². The lowest BCUT2D eigenvalue weighted by molar-refractivity contribution is 0.624. The first-order valence-corrected chi connectivity index (χ1v) is 6.42. The number of thioether (sulfide) groups is 1. The van der Waals surface area contributed by atoms with Gasteiger partial charge in [-0.15, -0.1) is 0 Å². The number of hydrogen-bond acceptors (Lipinski definition) is 4. The van der Waals surface area contributed by atoms with Gasteiger partial charge in [-0.25, -0.2) is 14.4 Å².